The van der Waals surface area contributed by atoms with Crippen LogP contribution in [0.3, 0.4) is 0 Å². The maximum atomic E-state index is 12.2. The molecule has 0 fully saturated rings. The highest BCUT2D eigenvalue weighted by molar-refractivity contribution is 9.11. The first-order chi connectivity index (χ1) is 11.9. The number of aryl methyl sites for hydroxylation is 1. The molecule has 0 bridgehead atoms. The van der Waals surface area contributed by atoms with Crippen molar-refractivity contribution in [2.75, 3.05) is 18.5 Å². The molecule has 0 aliphatic carbocycles. The number of hydrogen-bond acceptors (Lipinski definition) is 4. The molecule has 1 N–H and O–H groups in total. The fraction of sp³-hybridized carbons (Fsp3) is 0.222. The predicted octanol–water partition coefficient (Wildman–Crippen LogP) is 4.81. The minimum atomic E-state index is -0.303. The smallest absolute Gasteiger partial charge is 0.262 e. The predicted molar refractivity (Wildman–Crippen MR) is 103 cm³/mol. The van der Waals surface area contributed by atoms with Crippen molar-refractivity contribution in [2.24, 2.45) is 0 Å². The van der Waals surface area contributed by atoms with Gasteiger partial charge in [0, 0.05) is 10.5 Å². The van der Waals surface area contributed by atoms with Gasteiger partial charge in [0.15, 0.2) is 18.1 Å². The van der Waals surface area contributed by atoms with Gasteiger partial charge in [0.1, 0.15) is 0 Å². The van der Waals surface area contributed by atoms with Crippen LogP contribution in [-0.2, 0) is 4.79 Å². The van der Waals surface area contributed by atoms with Crippen LogP contribution in [-0.4, -0.2) is 19.1 Å². The molecule has 0 spiro atoms. The molecule has 7 heteroatoms. The SMILES string of the molecule is CCOc1cc(C#N)cc(Br)c1OCC(=O)Nc1ccc(C)cc1Br. The number of amides is 1. The molecule has 0 atom stereocenters. The summed E-state index contributed by atoms with van der Waals surface area (Å²) in [6.45, 7) is 4.03. The van der Waals surface area contributed by atoms with E-state index in [0.717, 1.165) is 10.0 Å². The summed E-state index contributed by atoms with van der Waals surface area (Å²) in [5.41, 5.74) is 2.20. The molecule has 25 heavy (non-hydrogen) atoms. The second-order valence-electron chi connectivity index (χ2n) is 5.15. The van der Waals surface area contributed by atoms with Gasteiger partial charge in [-0.25, -0.2) is 0 Å². The van der Waals surface area contributed by atoms with Crippen LogP contribution in [0.5, 0.6) is 11.5 Å². The van der Waals surface area contributed by atoms with E-state index < -0.39 is 0 Å². The number of nitrogens with one attached hydrogen (secondary N) is 1. The average molecular weight is 468 g/mol. The Kier molecular flexibility index (Phi) is 6.85. The Morgan fingerprint density at radius 1 is 1.20 bits per heavy atom. The topological polar surface area (TPSA) is 71.3 Å². The van der Waals surface area contributed by atoms with Crippen LogP contribution >= 0.6 is 31.9 Å². The first-order valence-electron chi connectivity index (χ1n) is 7.49. The third-order valence-corrected chi connectivity index (χ3v) is 4.43. The summed E-state index contributed by atoms with van der Waals surface area (Å²) in [7, 11) is 0. The lowest BCUT2D eigenvalue weighted by molar-refractivity contribution is -0.118. The fourth-order valence-electron chi connectivity index (χ4n) is 2.08. The van der Waals surface area contributed by atoms with E-state index in [-0.39, 0.29) is 12.5 Å². The van der Waals surface area contributed by atoms with Gasteiger partial charge in [-0.2, -0.15) is 5.26 Å². The third-order valence-electron chi connectivity index (χ3n) is 3.18. The Bertz CT molecular complexity index is 832. The van der Waals surface area contributed by atoms with E-state index in [9.17, 15) is 4.79 Å². The van der Waals surface area contributed by atoms with E-state index in [1.54, 1.807) is 12.1 Å². The van der Waals surface area contributed by atoms with Gasteiger partial charge < -0.3 is 14.8 Å². The summed E-state index contributed by atoms with van der Waals surface area (Å²) in [6.07, 6.45) is 0. The number of carbonyl (C=O) groups excluding carboxylic acids is 1. The second kappa shape index (κ2) is 8.88. The van der Waals surface area contributed by atoms with E-state index >= 15 is 0 Å². The molecule has 0 aliphatic rings. The molecule has 2 aromatic carbocycles. The summed E-state index contributed by atoms with van der Waals surface area (Å²) in [6, 6.07) is 10.9. The molecule has 2 rings (SSSR count). The third kappa shape index (κ3) is 5.21. The van der Waals surface area contributed by atoms with Gasteiger partial charge in [-0.3, -0.25) is 4.79 Å². The molecule has 0 radical (unpaired) electrons. The monoisotopic (exact) mass is 466 g/mol. The first kappa shape index (κ1) is 19.3. The van der Waals surface area contributed by atoms with E-state index in [2.05, 4.69) is 43.2 Å². The number of anilines is 1. The quantitative estimate of drug-likeness (QED) is 0.661. The maximum Gasteiger partial charge on any atom is 0.262 e. The lowest BCUT2D eigenvalue weighted by atomic mass is 10.2. The van der Waals surface area contributed by atoms with Crippen LogP contribution in [0.4, 0.5) is 5.69 Å². The van der Waals surface area contributed by atoms with Crippen molar-refractivity contribution >= 4 is 43.5 Å². The lowest BCUT2D eigenvalue weighted by Crippen LogP contribution is -2.20. The molecular formula is C18H16Br2N2O3. The molecule has 0 aliphatic heterocycles. The summed E-state index contributed by atoms with van der Waals surface area (Å²) >= 11 is 6.77. The van der Waals surface area contributed by atoms with Crippen LogP contribution in [0.25, 0.3) is 0 Å². The first-order valence-corrected chi connectivity index (χ1v) is 9.08. The number of nitriles is 1. The van der Waals surface area contributed by atoms with Crippen molar-refractivity contribution in [3.63, 3.8) is 0 Å². The highest BCUT2D eigenvalue weighted by Gasteiger charge is 2.14. The molecule has 0 unspecified atom stereocenters. The van der Waals surface area contributed by atoms with Crippen LogP contribution in [0.1, 0.15) is 18.1 Å². The summed E-state index contributed by atoms with van der Waals surface area (Å²) in [5.74, 6) is 0.500. The molecule has 1 amide bonds. The number of ether oxygens (including phenoxy) is 2. The number of benzene rings is 2. The number of halogens is 2. The van der Waals surface area contributed by atoms with Gasteiger partial charge in [0.05, 0.1) is 28.4 Å². The Balaban J connectivity index is 2.10. The fourth-order valence-corrected chi connectivity index (χ4v) is 3.23. The normalized spacial score (nSPS) is 10.0. The van der Waals surface area contributed by atoms with Gasteiger partial charge >= 0.3 is 0 Å². The zero-order valence-corrected chi connectivity index (χ0v) is 16.9. The molecule has 0 aromatic heterocycles. The highest BCUT2D eigenvalue weighted by Crippen LogP contribution is 2.36. The van der Waals surface area contributed by atoms with Crippen molar-refractivity contribution in [1.82, 2.24) is 0 Å². The highest BCUT2D eigenvalue weighted by atomic mass is 79.9. The van der Waals surface area contributed by atoms with Gasteiger partial charge in [0.2, 0.25) is 0 Å². The van der Waals surface area contributed by atoms with Gasteiger partial charge in [-0.1, -0.05) is 6.07 Å². The molecule has 0 saturated carbocycles. The zero-order chi connectivity index (χ0) is 18.4. The van der Waals surface area contributed by atoms with Crippen LogP contribution in [0, 0.1) is 18.3 Å². The Labute approximate surface area is 163 Å². The van der Waals surface area contributed by atoms with Crippen molar-refractivity contribution in [1.29, 1.82) is 5.26 Å². The van der Waals surface area contributed by atoms with Crippen molar-refractivity contribution in [3.8, 4) is 17.6 Å². The lowest BCUT2D eigenvalue weighted by Gasteiger charge is -2.14. The molecule has 5 nitrogen and oxygen atoms in total. The minimum Gasteiger partial charge on any atom is -0.490 e. The minimum absolute atomic E-state index is 0.190. The van der Waals surface area contributed by atoms with Crippen molar-refractivity contribution in [2.45, 2.75) is 13.8 Å². The van der Waals surface area contributed by atoms with Crippen LogP contribution < -0.4 is 14.8 Å². The van der Waals surface area contributed by atoms with Crippen molar-refractivity contribution in [3.05, 3.63) is 50.4 Å². The second-order valence-corrected chi connectivity index (χ2v) is 6.86. The maximum absolute atomic E-state index is 12.2. The largest absolute Gasteiger partial charge is 0.490 e. The Morgan fingerprint density at radius 3 is 2.60 bits per heavy atom. The van der Waals surface area contributed by atoms with E-state index in [4.69, 9.17) is 14.7 Å². The molecule has 0 saturated heterocycles. The molecule has 130 valence electrons. The molecule has 0 heterocycles. The number of carbonyl (C=O) groups is 1. The van der Waals surface area contributed by atoms with Gasteiger partial charge in [-0.05, 0) is 69.5 Å². The van der Waals surface area contributed by atoms with Gasteiger partial charge in [0.25, 0.3) is 5.91 Å². The number of rotatable bonds is 6. The Hall–Kier alpha value is -2.04. The summed E-state index contributed by atoms with van der Waals surface area (Å²) in [4.78, 5) is 12.2. The van der Waals surface area contributed by atoms with E-state index in [0.29, 0.717) is 33.8 Å². The Morgan fingerprint density at radius 2 is 1.96 bits per heavy atom. The zero-order valence-electron chi connectivity index (χ0n) is 13.7. The summed E-state index contributed by atoms with van der Waals surface area (Å²) in [5, 5.41) is 11.8. The number of hydrogen-bond donors (Lipinski definition) is 1. The van der Waals surface area contributed by atoms with E-state index in [1.807, 2.05) is 32.0 Å². The van der Waals surface area contributed by atoms with Gasteiger partial charge in [-0.15, -0.1) is 0 Å². The standard InChI is InChI=1S/C18H16Br2N2O3/c1-3-24-16-8-12(9-21)7-14(20)18(16)25-10-17(23)22-15-5-4-11(2)6-13(15)19/h4-8H,3,10H2,1-2H3,(H,22,23). The summed E-state index contributed by atoms with van der Waals surface area (Å²) < 4.78 is 12.5. The molecule has 2 aromatic rings. The molecular weight excluding hydrogens is 452 g/mol. The van der Waals surface area contributed by atoms with E-state index in [1.165, 1.54) is 0 Å². The van der Waals surface area contributed by atoms with Crippen LogP contribution in [0.15, 0.2) is 39.3 Å². The van der Waals surface area contributed by atoms with Crippen LogP contribution in [0.2, 0.25) is 0 Å². The average Bonchev–Trinajstić information content (AvgIpc) is 2.56. The number of nitrogens with zero attached hydrogens (tertiary/aromatic N) is 1. The van der Waals surface area contributed by atoms with Crippen molar-refractivity contribution < 1.29 is 14.3 Å².